The van der Waals surface area contributed by atoms with E-state index in [1.807, 2.05) is 55.5 Å². The zero-order chi connectivity index (χ0) is 35.0. The fourth-order valence-electron chi connectivity index (χ4n) is 5.02. The Hall–Kier alpha value is -4.83. The summed E-state index contributed by atoms with van der Waals surface area (Å²) in [5, 5.41) is 1.29. The maximum Gasteiger partial charge on any atom is 0.410 e. The van der Waals surface area contributed by atoms with Crippen molar-refractivity contribution in [1.29, 1.82) is 0 Å². The molecular formula is C37H42ClFN4O5. The van der Waals surface area contributed by atoms with Crippen molar-refractivity contribution in [1.82, 2.24) is 19.8 Å². The number of ether oxygens (including phenoxy) is 3. The number of hydrogen-bond donors (Lipinski definition) is 1. The number of hydrogen-bond acceptors (Lipinski definition) is 6. The van der Waals surface area contributed by atoms with E-state index in [2.05, 4.69) is 9.97 Å². The minimum atomic E-state index is -0.750. The van der Waals surface area contributed by atoms with Crippen molar-refractivity contribution in [2.24, 2.45) is 0 Å². The number of nitrogens with one attached hydrogen (secondary N) is 1. The van der Waals surface area contributed by atoms with Crippen LogP contribution in [-0.2, 0) is 9.53 Å². The molecule has 0 saturated carbocycles. The minimum absolute atomic E-state index is 0.00105. The van der Waals surface area contributed by atoms with Crippen molar-refractivity contribution in [2.75, 3.05) is 40.9 Å². The van der Waals surface area contributed by atoms with E-state index in [4.69, 9.17) is 25.8 Å². The fourth-order valence-corrected chi connectivity index (χ4v) is 5.33. The van der Waals surface area contributed by atoms with Gasteiger partial charge in [-0.25, -0.2) is 4.79 Å². The average Bonchev–Trinajstić information content (AvgIpc) is 3.37. The predicted octanol–water partition coefficient (Wildman–Crippen LogP) is 7.99. The third-order valence-corrected chi connectivity index (χ3v) is 7.74. The molecule has 4 rings (SSSR count). The van der Waals surface area contributed by atoms with E-state index >= 15 is 4.39 Å². The largest absolute Gasteiger partial charge is 0.497 e. The van der Waals surface area contributed by atoms with Crippen molar-refractivity contribution in [3.63, 3.8) is 0 Å². The number of likely N-dealkylation sites (N-methyl/N-ethyl adjacent to an activating group) is 1. The van der Waals surface area contributed by atoms with Crippen molar-refractivity contribution < 1.29 is 28.2 Å². The maximum absolute atomic E-state index is 16.1. The third-order valence-electron chi connectivity index (χ3n) is 7.35. The van der Waals surface area contributed by atoms with Gasteiger partial charge in [0.05, 0.1) is 24.4 Å². The van der Waals surface area contributed by atoms with Crippen LogP contribution in [0.5, 0.6) is 11.6 Å². The molecule has 0 aliphatic heterocycles. The molecule has 0 fully saturated rings. The molecule has 1 N–H and O–H groups in total. The minimum Gasteiger partial charge on any atom is -0.497 e. The summed E-state index contributed by atoms with van der Waals surface area (Å²) in [5.41, 5.74) is 3.16. The molecule has 4 aromatic rings. The summed E-state index contributed by atoms with van der Waals surface area (Å²) >= 11 is 6.94. The molecule has 2 aromatic heterocycles. The monoisotopic (exact) mass is 676 g/mol. The lowest BCUT2D eigenvalue weighted by Gasteiger charge is -2.26. The Kier molecular flexibility index (Phi) is 11.9. The SMILES string of the molecule is CC/C(=C(/c1ccc(OCCN(C/C=C/C(=O)N(C)C)C(=O)OC(C)(C)C)nc1F)c1[nH]c2ccccc2c1Cl)c1cccc(OC)c1. The molecule has 0 radical (unpaired) electrons. The van der Waals surface area contributed by atoms with Gasteiger partial charge in [-0.15, -0.1) is 0 Å². The number of pyridine rings is 1. The highest BCUT2D eigenvalue weighted by atomic mass is 35.5. The van der Waals surface area contributed by atoms with Crippen LogP contribution in [0.25, 0.3) is 22.0 Å². The van der Waals surface area contributed by atoms with Crippen molar-refractivity contribution in [3.8, 4) is 11.6 Å². The number of methoxy groups -OCH3 is 1. The molecule has 0 bridgehead atoms. The fraction of sp³-hybridized carbons (Fsp3) is 0.324. The van der Waals surface area contributed by atoms with E-state index in [0.29, 0.717) is 28.5 Å². The van der Waals surface area contributed by atoms with Crippen LogP contribution >= 0.6 is 11.6 Å². The molecular weight excluding hydrogens is 635 g/mol. The summed E-state index contributed by atoms with van der Waals surface area (Å²) in [6, 6.07) is 18.4. The molecule has 2 aromatic carbocycles. The second kappa shape index (κ2) is 15.8. The molecule has 0 saturated heterocycles. The molecule has 9 nitrogen and oxygen atoms in total. The van der Waals surface area contributed by atoms with Crippen LogP contribution in [0.15, 0.2) is 72.8 Å². The van der Waals surface area contributed by atoms with Gasteiger partial charge >= 0.3 is 6.09 Å². The maximum atomic E-state index is 16.1. The van der Waals surface area contributed by atoms with Crippen molar-refractivity contribution >= 4 is 45.7 Å². The number of carbonyl (C=O) groups is 2. The number of aromatic nitrogens is 2. The van der Waals surface area contributed by atoms with Crippen LogP contribution in [-0.4, -0.2) is 78.3 Å². The van der Waals surface area contributed by atoms with Crippen LogP contribution in [0.2, 0.25) is 5.02 Å². The Balaban J connectivity index is 1.66. The van der Waals surface area contributed by atoms with E-state index in [1.165, 1.54) is 15.9 Å². The van der Waals surface area contributed by atoms with Gasteiger partial charge in [-0.2, -0.15) is 9.37 Å². The Morgan fingerprint density at radius 2 is 1.81 bits per heavy atom. The average molecular weight is 677 g/mol. The number of aromatic amines is 1. The molecule has 11 heteroatoms. The Bertz CT molecular complexity index is 1830. The van der Waals surface area contributed by atoms with Crippen LogP contribution in [0, 0.1) is 5.95 Å². The van der Waals surface area contributed by atoms with Crippen molar-refractivity contribution in [3.05, 3.63) is 101 Å². The predicted molar refractivity (Wildman–Crippen MR) is 188 cm³/mol. The Morgan fingerprint density at radius 3 is 2.46 bits per heavy atom. The highest BCUT2D eigenvalue weighted by Crippen LogP contribution is 2.41. The lowest BCUT2D eigenvalue weighted by atomic mass is 9.91. The summed E-state index contributed by atoms with van der Waals surface area (Å²) in [5.74, 6) is -0.251. The van der Waals surface area contributed by atoms with E-state index in [9.17, 15) is 9.59 Å². The standard InChI is InChI=1S/C37H42ClFN4O5/c1-8-26(24-13-11-14-25(23-24)46-7)32(34-33(38)27-15-9-10-16-29(27)40-34)28-18-19-30(41-35(28)39)47-22-21-43(36(45)48-37(2,3)4)20-12-17-31(44)42(5)6/h9-19,23,40H,8,20-22H2,1-7H3/b17-12+,32-26+. The highest BCUT2D eigenvalue weighted by molar-refractivity contribution is 6.38. The molecule has 2 heterocycles. The Morgan fingerprint density at radius 1 is 1.06 bits per heavy atom. The van der Waals surface area contributed by atoms with Gasteiger partial charge in [0.2, 0.25) is 17.7 Å². The highest BCUT2D eigenvalue weighted by Gasteiger charge is 2.24. The number of para-hydroxylation sites is 1. The Labute approximate surface area is 285 Å². The normalized spacial score (nSPS) is 12.2. The van der Waals surface area contributed by atoms with Gasteiger partial charge in [0.25, 0.3) is 0 Å². The number of allylic oxidation sites excluding steroid dienone is 1. The van der Waals surface area contributed by atoms with Gasteiger partial charge in [-0.1, -0.05) is 54.9 Å². The summed E-state index contributed by atoms with van der Waals surface area (Å²) < 4.78 is 32.9. The van der Waals surface area contributed by atoms with Gasteiger partial charge in [0.1, 0.15) is 18.0 Å². The van der Waals surface area contributed by atoms with Gasteiger partial charge in [-0.05, 0) is 62.6 Å². The van der Waals surface area contributed by atoms with E-state index in [0.717, 1.165) is 22.0 Å². The molecule has 48 heavy (non-hydrogen) atoms. The number of carbonyl (C=O) groups excluding carboxylic acids is 2. The molecule has 254 valence electrons. The number of halogens is 2. The zero-order valence-electron chi connectivity index (χ0n) is 28.4. The van der Waals surface area contributed by atoms with Gasteiger partial charge in [0, 0.05) is 54.8 Å². The van der Waals surface area contributed by atoms with Crippen LogP contribution in [0.1, 0.15) is 50.9 Å². The molecule has 0 aliphatic rings. The van der Waals surface area contributed by atoms with Crippen molar-refractivity contribution in [2.45, 2.75) is 39.7 Å². The molecule has 0 spiro atoms. The number of rotatable bonds is 12. The number of fused-ring (bicyclic) bond motifs is 1. The second-order valence-electron chi connectivity index (χ2n) is 12.2. The summed E-state index contributed by atoms with van der Waals surface area (Å²) in [4.78, 5) is 35.2. The van der Waals surface area contributed by atoms with Gasteiger partial charge in [0.15, 0.2) is 0 Å². The number of H-pyrrole nitrogens is 1. The summed E-state index contributed by atoms with van der Waals surface area (Å²) in [6.07, 6.45) is 2.95. The topological polar surface area (TPSA) is 97.0 Å². The van der Waals surface area contributed by atoms with Crippen LogP contribution in [0.4, 0.5) is 9.18 Å². The van der Waals surface area contributed by atoms with Gasteiger partial charge < -0.3 is 29.0 Å². The number of amides is 2. The lowest BCUT2D eigenvalue weighted by molar-refractivity contribution is -0.123. The first-order valence-corrected chi connectivity index (χ1v) is 16.0. The second-order valence-corrected chi connectivity index (χ2v) is 12.6. The first kappa shape index (κ1) is 36.0. The zero-order valence-corrected chi connectivity index (χ0v) is 29.2. The van der Waals surface area contributed by atoms with Gasteiger partial charge in [-0.3, -0.25) is 4.79 Å². The van der Waals surface area contributed by atoms with E-state index in [-0.39, 0.29) is 37.0 Å². The summed E-state index contributed by atoms with van der Waals surface area (Å²) in [6.45, 7) is 7.51. The first-order valence-electron chi connectivity index (χ1n) is 15.6. The number of nitrogens with zero attached hydrogens (tertiary/aromatic N) is 3. The molecule has 0 aliphatic carbocycles. The molecule has 2 amide bonds. The van der Waals surface area contributed by atoms with Crippen LogP contribution < -0.4 is 9.47 Å². The third kappa shape index (κ3) is 8.95. The first-order chi connectivity index (χ1) is 22.8. The number of benzene rings is 2. The lowest BCUT2D eigenvalue weighted by Crippen LogP contribution is -2.39. The molecule has 0 unspecified atom stereocenters. The van der Waals surface area contributed by atoms with Crippen LogP contribution in [0.3, 0.4) is 0 Å². The smallest absolute Gasteiger partial charge is 0.410 e. The van der Waals surface area contributed by atoms with E-state index < -0.39 is 17.6 Å². The molecule has 0 atom stereocenters. The quantitative estimate of drug-likeness (QED) is 0.121. The van der Waals surface area contributed by atoms with E-state index in [1.54, 1.807) is 60.2 Å². The summed E-state index contributed by atoms with van der Waals surface area (Å²) in [7, 11) is 4.87.